The first-order chi connectivity index (χ1) is 12.0. The van der Waals surface area contributed by atoms with E-state index in [-0.39, 0.29) is 11.6 Å². The first-order valence-corrected chi connectivity index (χ1v) is 8.26. The van der Waals surface area contributed by atoms with Crippen LogP contribution in [0.3, 0.4) is 0 Å². The van der Waals surface area contributed by atoms with Gasteiger partial charge in [-0.1, -0.05) is 12.1 Å². The Morgan fingerprint density at radius 2 is 2.12 bits per heavy atom. The molecule has 0 radical (unpaired) electrons. The van der Waals surface area contributed by atoms with Gasteiger partial charge in [0.1, 0.15) is 11.9 Å². The maximum atomic E-state index is 14.0. The third kappa shape index (κ3) is 3.99. The molecule has 1 aromatic carbocycles. The van der Waals surface area contributed by atoms with Crippen molar-refractivity contribution in [1.29, 1.82) is 0 Å². The van der Waals surface area contributed by atoms with Crippen LogP contribution in [0, 0.1) is 5.82 Å². The Hall–Kier alpha value is -2.83. The van der Waals surface area contributed by atoms with Crippen molar-refractivity contribution in [2.24, 2.45) is 7.05 Å². The summed E-state index contributed by atoms with van der Waals surface area (Å²) in [5.41, 5.74) is 1.23. The van der Waals surface area contributed by atoms with Gasteiger partial charge < -0.3 is 20.1 Å². The average molecular weight is 344 g/mol. The highest BCUT2D eigenvalue weighted by Gasteiger charge is 2.31. The Morgan fingerprint density at radius 3 is 2.84 bits per heavy atom. The molecule has 0 bridgehead atoms. The number of halogens is 1. The van der Waals surface area contributed by atoms with Gasteiger partial charge in [-0.05, 0) is 36.6 Å². The van der Waals surface area contributed by atoms with Crippen molar-refractivity contribution >= 4 is 17.6 Å². The van der Waals surface area contributed by atoms with E-state index in [4.69, 9.17) is 0 Å². The topological polar surface area (TPSA) is 66.4 Å². The lowest BCUT2D eigenvalue weighted by molar-refractivity contribution is -0.121. The van der Waals surface area contributed by atoms with E-state index >= 15 is 0 Å². The Balaban J connectivity index is 1.59. The van der Waals surface area contributed by atoms with E-state index in [0.29, 0.717) is 25.9 Å². The second kappa shape index (κ2) is 7.38. The number of carbonyl (C=O) groups excluding carboxylic acids is 2. The lowest BCUT2D eigenvalue weighted by atomic mass is 10.0. The Morgan fingerprint density at radius 1 is 1.32 bits per heavy atom. The highest BCUT2D eigenvalue weighted by Crippen LogP contribution is 2.23. The van der Waals surface area contributed by atoms with Crippen LogP contribution < -0.4 is 15.5 Å². The monoisotopic (exact) mass is 344 g/mol. The number of aryl methyl sites for hydroxylation is 1. The number of benzene rings is 1. The zero-order valence-electron chi connectivity index (χ0n) is 14.0. The number of urea groups is 1. The molecule has 3 rings (SSSR count). The minimum absolute atomic E-state index is 0.253. The number of amides is 3. The second-order valence-electron chi connectivity index (χ2n) is 6.15. The maximum absolute atomic E-state index is 14.0. The number of nitrogens with zero attached hydrogens (tertiary/aromatic N) is 2. The quantitative estimate of drug-likeness (QED) is 0.893. The van der Waals surface area contributed by atoms with E-state index in [1.54, 1.807) is 18.2 Å². The van der Waals surface area contributed by atoms with Gasteiger partial charge in [-0.15, -0.1) is 0 Å². The van der Waals surface area contributed by atoms with Crippen molar-refractivity contribution in [1.82, 2.24) is 15.2 Å². The van der Waals surface area contributed by atoms with Crippen molar-refractivity contribution in [3.63, 3.8) is 0 Å². The third-order valence-corrected chi connectivity index (χ3v) is 4.23. The second-order valence-corrected chi connectivity index (χ2v) is 6.15. The van der Waals surface area contributed by atoms with E-state index in [2.05, 4.69) is 10.6 Å². The van der Waals surface area contributed by atoms with Crippen LogP contribution >= 0.6 is 0 Å². The number of aromatic nitrogens is 1. The molecule has 0 saturated carbocycles. The Kier molecular flexibility index (Phi) is 5.02. The smallest absolute Gasteiger partial charge is 0.315 e. The fourth-order valence-corrected chi connectivity index (χ4v) is 2.98. The molecule has 2 heterocycles. The van der Waals surface area contributed by atoms with Gasteiger partial charge in [0, 0.05) is 32.5 Å². The first kappa shape index (κ1) is 17.0. The van der Waals surface area contributed by atoms with E-state index in [1.165, 1.54) is 11.0 Å². The van der Waals surface area contributed by atoms with Crippen LogP contribution in [-0.4, -0.2) is 29.1 Å². The van der Waals surface area contributed by atoms with E-state index in [9.17, 15) is 14.0 Å². The zero-order valence-corrected chi connectivity index (χ0v) is 14.0. The third-order valence-electron chi connectivity index (χ3n) is 4.23. The lowest BCUT2D eigenvalue weighted by Crippen LogP contribution is -2.54. The zero-order chi connectivity index (χ0) is 17.8. The molecule has 1 atom stereocenters. The van der Waals surface area contributed by atoms with Crippen LogP contribution in [0.25, 0.3) is 0 Å². The molecule has 2 aromatic rings. The summed E-state index contributed by atoms with van der Waals surface area (Å²) >= 11 is 0. The van der Waals surface area contributed by atoms with Crippen LogP contribution in [-0.2, 0) is 18.4 Å². The van der Waals surface area contributed by atoms with Crippen molar-refractivity contribution in [2.75, 3.05) is 11.4 Å². The van der Waals surface area contributed by atoms with Crippen molar-refractivity contribution in [2.45, 2.75) is 25.4 Å². The summed E-state index contributed by atoms with van der Waals surface area (Å²) in [6.07, 6.45) is 5.05. The molecule has 132 valence electrons. The molecule has 0 unspecified atom stereocenters. The highest BCUT2D eigenvalue weighted by atomic mass is 19.1. The maximum Gasteiger partial charge on any atom is 0.315 e. The summed E-state index contributed by atoms with van der Waals surface area (Å²) < 4.78 is 15.8. The average Bonchev–Trinajstić information content (AvgIpc) is 3.01. The van der Waals surface area contributed by atoms with Crippen molar-refractivity contribution < 1.29 is 14.0 Å². The van der Waals surface area contributed by atoms with E-state index < -0.39 is 17.9 Å². The van der Waals surface area contributed by atoms with Gasteiger partial charge in [-0.2, -0.15) is 0 Å². The number of para-hydroxylation sites is 1. The first-order valence-electron chi connectivity index (χ1n) is 8.26. The number of anilines is 1. The lowest BCUT2D eigenvalue weighted by Gasteiger charge is -2.32. The number of piperidine rings is 1. The molecular weight excluding hydrogens is 323 g/mol. The van der Waals surface area contributed by atoms with Crippen LogP contribution in [0.4, 0.5) is 14.9 Å². The summed E-state index contributed by atoms with van der Waals surface area (Å²) in [7, 11) is 1.90. The van der Waals surface area contributed by atoms with Gasteiger partial charge >= 0.3 is 6.03 Å². The number of hydrogen-bond acceptors (Lipinski definition) is 2. The fourth-order valence-electron chi connectivity index (χ4n) is 2.98. The number of nitrogens with one attached hydrogen (secondary N) is 2. The molecule has 1 aliphatic heterocycles. The molecule has 3 amide bonds. The predicted molar refractivity (Wildman–Crippen MR) is 92.6 cm³/mol. The molecule has 1 aromatic heterocycles. The normalized spacial score (nSPS) is 17.4. The van der Waals surface area contributed by atoms with Gasteiger partial charge in [-0.25, -0.2) is 9.18 Å². The Bertz CT molecular complexity index is 774. The standard InChI is InChI=1S/C18H21FN4O2/c1-22-10-8-13(12-22)11-20-18(25)21-15-6-4-9-23(17(15)24)16-7-3-2-5-14(16)19/h2-3,5,7-8,10,12,15H,4,6,9,11H2,1H3,(H2,20,21,25)/t15-/m1/s1. The molecular formula is C18H21FN4O2. The fraction of sp³-hybridized carbons (Fsp3) is 0.333. The van der Waals surface area contributed by atoms with Crippen LogP contribution in [0.1, 0.15) is 18.4 Å². The number of hydrogen-bond donors (Lipinski definition) is 2. The highest BCUT2D eigenvalue weighted by molar-refractivity contribution is 5.99. The van der Waals surface area contributed by atoms with E-state index in [1.807, 2.05) is 30.1 Å². The summed E-state index contributed by atoms with van der Waals surface area (Å²) in [5.74, 6) is -0.726. The molecule has 1 saturated heterocycles. The van der Waals surface area contributed by atoms with Crippen LogP contribution in [0.2, 0.25) is 0 Å². The molecule has 2 N–H and O–H groups in total. The summed E-state index contributed by atoms with van der Waals surface area (Å²) in [5, 5.41) is 5.43. The molecule has 6 nitrogen and oxygen atoms in total. The van der Waals surface area contributed by atoms with Gasteiger partial charge in [-0.3, -0.25) is 4.79 Å². The molecule has 7 heteroatoms. The van der Waals surface area contributed by atoms with Gasteiger partial charge in [0.15, 0.2) is 0 Å². The SMILES string of the molecule is Cn1ccc(CNC(=O)N[C@@H]2CCCN(c3ccccc3F)C2=O)c1. The molecule has 1 fully saturated rings. The predicted octanol–water partition coefficient (Wildman–Crippen LogP) is 2.16. The molecule has 1 aliphatic rings. The Labute approximate surface area is 145 Å². The summed E-state index contributed by atoms with van der Waals surface area (Å²) in [6, 6.07) is 7.03. The molecule has 0 spiro atoms. The van der Waals surface area contributed by atoms with E-state index in [0.717, 1.165) is 5.56 Å². The summed E-state index contributed by atoms with van der Waals surface area (Å²) in [4.78, 5) is 26.1. The molecule has 0 aliphatic carbocycles. The van der Waals surface area contributed by atoms with Crippen molar-refractivity contribution in [3.8, 4) is 0 Å². The minimum atomic E-state index is -0.649. The minimum Gasteiger partial charge on any atom is -0.357 e. The number of rotatable bonds is 4. The van der Waals surface area contributed by atoms with Gasteiger partial charge in [0.2, 0.25) is 5.91 Å². The number of carbonyl (C=O) groups is 2. The molecule has 25 heavy (non-hydrogen) atoms. The van der Waals surface area contributed by atoms with Crippen LogP contribution in [0.15, 0.2) is 42.7 Å². The van der Waals surface area contributed by atoms with Gasteiger partial charge in [0.05, 0.1) is 5.69 Å². The summed E-state index contributed by atoms with van der Waals surface area (Å²) in [6.45, 7) is 0.828. The van der Waals surface area contributed by atoms with Crippen molar-refractivity contribution in [3.05, 3.63) is 54.1 Å². The van der Waals surface area contributed by atoms with Gasteiger partial charge in [0.25, 0.3) is 0 Å². The largest absolute Gasteiger partial charge is 0.357 e. The van der Waals surface area contributed by atoms with Crippen LogP contribution in [0.5, 0.6) is 0 Å².